The van der Waals surface area contributed by atoms with Crippen molar-refractivity contribution in [1.82, 2.24) is 0 Å². The van der Waals surface area contributed by atoms with Crippen molar-refractivity contribution in [2.24, 2.45) is 0 Å². The maximum Gasteiger partial charge on any atom is 0.0178 e. The second kappa shape index (κ2) is 5.32. The molecule has 2 aromatic rings. The number of benzene rings is 2. The second-order valence-electron chi connectivity index (χ2n) is 3.66. The lowest BCUT2D eigenvalue weighted by molar-refractivity contribution is 1.14. The average Bonchev–Trinajstić information content (AvgIpc) is 2.30. The molecule has 0 aliphatic carbocycles. The Morgan fingerprint density at radius 1 is 1.06 bits per heavy atom. The van der Waals surface area contributed by atoms with Gasteiger partial charge in [-0.3, -0.25) is 0 Å². The van der Waals surface area contributed by atoms with E-state index in [0.717, 1.165) is 10.9 Å². The minimum absolute atomic E-state index is 1.06. The Kier molecular flexibility index (Phi) is 4.03. The van der Waals surface area contributed by atoms with Crippen LogP contribution in [0.15, 0.2) is 46.9 Å². The van der Waals surface area contributed by atoms with Crippen LogP contribution < -0.4 is 0 Å². The molecule has 0 nitrogen and oxygen atoms in total. The zero-order valence-corrected chi connectivity index (χ0v) is 12.7. The first kappa shape index (κ1) is 12.1. The monoisotopic (exact) mass is 386 g/mol. The number of rotatable bonds is 2. The molecule has 16 heavy (non-hydrogen) atoms. The van der Waals surface area contributed by atoms with Crippen LogP contribution in [-0.4, -0.2) is 0 Å². The van der Waals surface area contributed by atoms with Gasteiger partial charge in [-0.15, -0.1) is 0 Å². The number of aryl methyl sites for hydroxylation is 1. The summed E-state index contributed by atoms with van der Waals surface area (Å²) in [5, 5.41) is 0. The van der Waals surface area contributed by atoms with Crippen molar-refractivity contribution < 1.29 is 0 Å². The van der Waals surface area contributed by atoms with E-state index in [1.54, 1.807) is 0 Å². The zero-order chi connectivity index (χ0) is 11.5. The van der Waals surface area contributed by atoms with E-state index in [-0.39, 0.29) is 0 Å². The van der Waals surface area contributed by atoms with Crippen LogP contribution in [0.3, 0.4) is 0 Å². The Balaban J connectivity index is 2.51. The van der Waals surface area contributed by atoms with E-state index in [2.05, 4.69) is 87.9 Å². The Morgan fingerprint density at radius 3 is 2.38 bits per heavy atom. The molecule has 2 heteroatoms. The second-order valence-corrected chi connectivity index (χ2v) is 5.82. The molecule has 0 amide bonds. The summed E-state index contributed by atoms with van der Waals surface area (Å²) in [6.07, 6.45) is 1.06. The smallest absolute Gasteiger partial charge is 0.0178 e. The van der Waals surface area contributed by atoms with Crippen molar-refractivity contribution in [3.63, 3.8) is 0 Å². The Morgan fingerprint density at radius 2 is 1.75 bits per heavy atom. The lowest BCUT2D eigenvalue weighted by Crippen LogP contribution is -1.87. The van der Waals surface area contributed by atoms with Crippen LogP contribution in [0, 0.1) is 3.57 Å². The molecule has 0 N–H and O–H groups in total. The van der Waals surface area contributed by atoms with Gasteiger partial charge in [-0.1, -0.05) is 41.1 Å². The Hall–Kier alpha value is -0.350. The highest BCUT2D eigenvalue weighted by atomic mass is 127. The van der Waals surface area contributed by atoms with E-state index < -0.39 is 0 Å². The van der Waals surface area contributed by atoms with Gasteiger partial charge in [-0.2, -0.15) is 0 Å². The Labute approximate surface area is 118 Å². The third-order valence-corrected chi connectivity index (χ3v) is 3.82. The summed E-state index contributed by atoms with van der Waals surface area (Å²) in [5.74, 6) is 0. The highest BCUT2D eigenvalue weighted by molar-refractivity contribution is 14.1. The van der Waals surface area contributed by atoms with E-state index in [9.17, 15) is 0 Å². The van der Waals surface area contributed by atoms with Gasteiger partial charge in [-0.05, 0) is 70.0 Å². The van der Waals surface area contributed by atoms with Gasteiger partial charge in [0.25, 0.3) is 0 Å². The third-order valence-electron chi connectivity index (χ3n) is 2.60. The van der Waals surface area contributed by atoms with E-state index in [1.807, 2.05) is 0 Å². The lowest BCUT2D eigenvalue weighted by Gasteiger charge is -2.08. The highest BCUT2D eigenvalue weighted by Crippen LogP contribution is 2.27. The van der Waals surface area contributed by atoms with Gasteiger partial charge >= 0.3 is 0 Å². The Bertz CT molecular complexity index is 489. The molecule has 0 radical (unpaired) electrons. The van der Waals surface area contributed by atoms with Crippen molar-refractivity contribution in [1.29, 1.82) is 0 Å². The predicted molar refractivity (Wildman–Crippen MR) is 81.7 cm³/mol. The maximum absolute atomic E-state index is 3.52. The number of hydrogen-bond acceptors (Lipinski definition) is 0. The van der Waals surface area contributed by atoms with Crippen LogP contribution in [0.25, 0.3) is 11.1 Å². The van der Waals surface area contributed by atoms with Crippen molar-refractivity contribution in [2.45, 2.75) is 13.3 Å². The SMILES string of the molecule is CCc1cc(Br)ccc1-c1ccc(I)cc1. The quantitative estimate of drug-likeness (QED) is 0.615. The first-order valence-electron chi connectivity index (χ1n) is 5.25. The van der Waals surface area contributed by atoms with E-state index in [0.29, 0.717) is 0 Å². The highest BCUT2D eigenvalue weighted by Gasteiger charge is 2.04. The van der Waals surface area contributed by atoms with Crippen molar-refractivity contribution in [2.75, 3.05) is 0 Å². The maximum atomic E-state index is 3.52. The molecule has 0 heterocycles. The molecule has 0 saturated heterocycles. The molecular formula is C14H12BrI. The first-order valence-corrected chi connectivity index (χ1v) is 7.12. The third kappa shape index (κ3) is 2.66. The molecule has 0 unspecified atom stereocenters. The summed E-state index contributed by atoms with van der Waals surface area (Å²) in [6.45, 7) is 2.19. The first-order chi connectivity index (χ1) is 7.70. The molecule has 0 spiro atoms. The lowest BCUT2D eigenvalue weighted by atomic mass is 9.98. The largest absolute Gasteiger partial charge is 0.0613 e. The van der Waals surface area contributed by atoms with Crippen LogP contribution in [0.5, 0.6) is 0 Å². The summed E-state index contributed by atoms with van der Waals surface area (Å²) < 4.78 is 2.43. The molecule has 0 aromatic heterocycles. The van der Waals surface area contributed by atoms with Crippen LogP contribution in [-0.2, 0) is 6.42 Å². The normalized spacial score (nSPS) is 10.4. The molecule has 0 saturated carbocycles. The summed E-state index contributed by atoms with van der Waals surface area (Å²) in [6, 6.07) is 15.2. The fraction of sp³-hybridized carbons (Fsp3) is 0.143. The van der Waals surface area contributed by atoms with Crippen LogP contribution in [0.1, 0.15) is 12.5 Å². The fourth-order valence-corrected chi connectivity index (χ4v) is 2.53. The summed E-state index contributed by atoms with van der Waals surface area (Å²) in [7, 11) is 0. The van der Waals surface area contributed by atoms with Crippen molar-refractivity contribution in [3.05, 3.63) is 56.1 Å². The fourth-order valence-electron chi connectivity index (χ4n) is 1.77. The number of hydrogen-bond donors (Lipinski definition) is 0. The summed E-state index contributed by atoms with van der Waals surface area (Å²) >= 11 is 5.85. The molecule has 0 bridgehead atoms. The molecule has 2 rings (SSSR count). The van der Waals surface area contributed by atoms with Crippen LogP contribution in [0.2, 0.25) is 0 Å². The molecule has 0 fully saturated rings. The minimum atomic E-state index is 1.06. The van der Waals surface area contributed by atoms with E-state index in [4.69, 9.17) is 0 Å². The van der Waals surface area contributed by atoms with E-state index >= 15 is 0 Å². The van der Waals surface area contributed by atoms with Gasteiger partial charge < -0.3 is 0 Å². The predicted octanol–water partition coefficient (Wildman–Crippen LogP) is 5.28. The van der Waals surface area contributed by atoms with Gasteiger partial charge in [0, 0.05) is 8.04 Å². The van der Waals surface area contributed by atoms with Gasteiger partial charge in [0.1, 0.15) is 0 Å². The van der Waals surface area contributed by atoms with Crippen LogP contribution in [0.4, 0.5) is 0 Å². The van der Waals surface area contributed by atoms with Gasteiger partial charge in [0.15, 0.2) is 0 Å². The summed E-state index contributed by atoms with van der Waals surface area (Å²) in [4.78, 5) is 0. The molecule has 0 aliphatic rings. The standard InChI is InChI=1S/C14H12BrI/c1-2-10-9-12(15)5-8-14(10)11-3-6-13(16)7-4-11/h3-9H,2H2,1H3. The summed E-state index contributed by atoms with van der Waals surface area (Å²) in [5.41, 5.74) is 4.02. The van der Waals surface area contributed by atoms with E-state index in [1.165, 1.54) is 20.3 Å². The topological polar surface area (TPSA) is 0 Å². The zero-order valence-electron chi connectivity index (χ0n) is 9.00. The average molecular weight is 387 g/mol. The minimum Gasteiger partial charge on any atom is -0.0613 e. The number of halogens is 2. The van der Waals surface area contributed by atoms with Crippen molar-refractivity contribution >= 4 is 38.5 Å². The molecule has 82 valence electrons. The molecular weight excluding hydrogens is 375 g/mol. The van der Waals surface area contributed by atoms with Gasteiger partial charge in [-0.25, -0.2) is 0 Å². The van der Waals surface area contributed by atoms with Crippen LogP contribution >= 0.6 is 38.5 Å². The van der Waals surface area contributed by atoms with Gasteiger partial charge in [0.05, 0.1) is 0 Å². The van der Waals surface area contributed by atoms with Gasteiger partial charge in [0.2, 0.25) is 0 Å². The van der Waals surface area contributed by atoms with Crippen molar-refractivity contribution in [3.8, 4) is 11.1 Å². The molecule has 0 aliphatic heterocycles. The molecule has 0 atom stereocenters. The molecule has 2 aromatic carbocycles.